The minimum absolute atomic E-state index is 0.336. The van der Waals surface area contributed by atoms with Crippen molar-refractivity contribution in [2.45, 2.75) is 0 Å². The summed E-state index contributed by atoms with van der Waals surface area (Å²) < 4.78 is 15.6. The first kappa shape index (κ1) is 27.9. The third kappa shape index (κ3) is 5.15. The van der Waals surface area contributed by atoms with E-state index in [9.17, 15) is 9.59 Å². The van der Waals surface area contributed by atoms with E-state index < -0.39 is 30.2 Å². The van der Waals surface area contributed by atoms with Crippen molar-refractivity contribution in [3.63, 3.8) is 0 Å². The van der Waals surface area contributed by atoms with E-state index in [1.165, 1.54) is 0 Å². The first-order valence-electron chi connectivity index (χ1n) is 13.1. The molecule has 0 aliphatic rings. The van der Waals surface area contributed by atoms with E-state index in [0.717, 1.165) is 11.1 Å². The van der Waals surface area contributed by atoms with Crippen LogP contribution in [0.4, 0.5) is 0 Å². The Morgan fingerprint density at radius 2 is 0.756 bits per heavy atom. The Bertz CT molecular complexity index is 1510. The number of rotatable bonds is 9. The van der Waals surface area contributed by atoms with Gasteiger partial charge in [-0.05, 0) is 0 Å². The van der Waals surface area contributed by atoms with Crippen LogP contribution in [-0.4, -0.2) is 30.2 Å². The monoisotopic (exact) mass is 646 g/mol. The van der Waals surface area contributed by atoms with Gasteiger partial charge in [-0.2, -0.15) is 0 Å². The van der Waals surface area contributed by atoms with Gasteiger partial charge in [-0.25, -0.2) is 0 Å². The van der Waals surface area contributed by atoms with Gasteiger partial charge < -0.3 is 0 Å². The second-order valence-corrected chi connectivity index (χ2v) is 20.3. The van der Waals surface area contributed by atoms with Gasteiger partial charge in [0.15, 0.2) is 0 Å². The van der Waals surface area contributed by atoms with Crippen LogP contribution in [0.5, 0.6) is 0 Å². The van der Waals surface area contributed by atoms with Crippen molar-refractivity contribution >= 4 is 52.9 Å². The molecule has 0 aromatic heterocycles. The predicted molar refractivity (Wildman–Crippen MR) is 168 cm³/mol. The Kier molecular flexibility index (Phi) is 8.05. The summed E-state index contributed by atoms with van der Waals surface area (Å²) in [5.41, 5.74) is 2.41. The summed E-state index contributed by atoms with van der Waals surface area (Å²) >= 11 is -5.99. The van der Waals surface area contributed by atoms with Crippen molar-refractivity contribution in [1.29, 1.82) is 0 Å². The van der Waals surface area contributed by atoms with E-state index in [-0.39, 0.29) is 0 Å². The van der Waals surface area contributed by atoms with Crippen LogP contribution in [0.25, 0.3) is 12.2 Å². The Morgan fingerprint density at radius 3 is 1.02 bits per heavy atom. The molecule has 0 fully saturated rings. The molecule has 4 nitrogen and oxygen atoms in total. The summed E-state index contributed by atoms with van der Waals surface area (Å²) in [6, 6.07) is 42.1. The molecule has 0 N–H and O–H groups in total. The van der Waals surface area contributed by atoms with Gasteiger partial charge in [-0.1, -0.05) is 0 Å². The predicted octanol–water partition coefficient (Wildman–Crippen LogP) is 6.10. The van der Waals surface area contributed by atoms with Crippen LogP contribution in [0.3, 0.4) is 0 Å². The normalized spacial score (nSPS) is 11.9. The first-order valence-corrected chi connectivity index (χ1v) is 19.0. The molecule has 41 heavy (non-hydrogen) atoms. The Hall–Kier alpha value is -4.66. The van der Waals surface area contributed by atoms with Crippen molar-refractivity contribution in [2.24, 2.45) is 0 Å². The third-order valence-electron chi connectivity index (χ3n) is 6.95. The molecule has 0 aliphatic heterocycles. The van der Waals surface area contributed by atoms with Crippen LogP contribution >= 0.6 is 0 Å². The van der Waals surface area contributed by atoms with Gasteiger partial charge in [0.05, 0.1) is 0 Å². The zero-order valence-electron chi connectivity index (χ0n) is 22.4. The average Bonchev–Trinajstić information content (AvgIpc) is 3.05. The van der Waals surface area contributed by atoms with Crippen molar-refractivity contribution in [2.75, 3.05) is 0 Å². The summed E-state index contributed by atoms with van der Waals surface area (Å²) in [5.74, 6) is -1.18. The molecule has 5 rings (SSSR count). The third-order valence-corrected chi connectivity index (χ3v) is 20.5. The van der Waals surface area contributed by atoms with Crippen LogP contribution in [-0.2, 0) is 6.03 Å². The fraction of sp³-hybridized carbons (Fsp3) is 0. The van der Waals surface area contributed by atoms with E-state index in [1.54, 1.807) is 60.7 Å². The molecule has 202 valence electrons. The molecule has 0 radical (unpaired) electrons. The van der Waals surface area contributed by atoms with Crippen LogP contribution in [0, 0.1) is 0 Å². The molecule has 0 bridgehead atoms. The second-order valence-electron chi connectivity index (χ2n) is 9.37. The van der Waals surface area contributed by atoms with E-state index in [1.807, 2.05) is 91.0 Å². The number of carbonyl (C=O) groups is 2. The van der Waals surface area contributed by atoms with E-state index in [2.05, 4.69) is 13.2 Å². The number of hydrogen-bond donors (Lipinski definition) is 0. The van der Waals surface area contributed by atoms with Gasteiger partial charge in [0.1, 0.15) is 0 Å². The quantitative estimate of drug-likeness (QED) is 0.182. The average molecular weight is 647 g/mol. The molecule has 0 amide bonds. The Morgan fingerprint density at radius 1 is 0.463 bits per heavy atom. The van der Waals surface area contributed by atoms with Gasteiger partial charge in [0.25, 0.3) is 0 Å². The van der Waals surface area contributed by atoms with E-state index in [4.69, 9.17) is 6.03 Å². The fourth-order valence-corrected chi connectivity index (χ4v) is 17.8. The summed E-state index contributed by atoms with van der Waals surface area (Å²) in [4.78, 5) is 28.4. The summed E-state index contributed by atoms with van der Waals surface area (Å²) in [6.07, 6.45) is 3.41. The SMILES string of the molecule is C=Cc1ccc(C(=O)[O][Sb]([O]C(=O)c2ccc(C=C)cc2)([c]2ccccc2)([c]2ccccc2)[c]2ccccc2)cc1. The maximum atomic E-state index is 14.2. The topological polar surface area (TPSA) is 52.6 Å². The minimum atomic E-state index is -5.99. The molecule has 0 saturated heterocycles. The van der Waals surface area contributed by atoms with E-state index in [0.29, 0.717) is 21.7 Å². The van der Waals surface area contributed by atoms with Gasteiger partial charge in [-0.15, -0.1) is 0 Å². The molecular weight excluding hydrogens is 618 g/mol. The molecule has 5 aromatic rings. The maximum absolute atomic E-state index is 14.2. The first-order chi connectivity index (χ1) is 20.0. The summed E-state index contributed by atoms with van der Waals surface area (Å²) in [6.45, 7) is 7.60. The molecule has 0 unspecified atom stereocenters. The zero-order valence-corrected chi connectivity index (χ0v) is 25.0. The van der Waals surface area contributed by atoms with Crippen LogP contribution in [0.15, 0.2) is 153 Å². The second kappa shape index (κ2) is 11.8. The van der Waals surface area contributed by atoms with Gasteiger partial charge in [0.2, 0.25) is 0 Å². The van der Waals surface area contributed by atoms with Crippen molar-refractivity contribution < 1.29 is 15.6 Å². The summed E-state index contributed by atoms with van der Waals surface area (Å²) in [7, 11) is 0. The molecule has 0 atom stereocenters. The van der Waals surface area contributed by atoms with Gasteiger partial charge >= 0.3 is 243 Å². The van der Waals surface area contributed by atoms with Crippen LogP contribution < -0.4 is 10.5 Å². The Labute approximate surface area is 242 Å². The van der Waals surface area contributed by atoms with Gasteiger partial charge in [0, 0.05) is 0 Å². The number of carbonyl (C=O) groups excluding carboxylic acids is 2. The molecule has 5 heteroatoms. The van der Waals surface area contributed by atoms with E-state index >= 15 is 0 Å². The summed E-state index contributed by atoms with van der Waals surface area (Å²) in [5, 5.41) is 0. The Balaban J connectivity index is 1.83. The fourth-order valence-electron chi connectivity index (χ4n) is 4.81. The van der Waals surface area contributed by atoms with Crippen molar-refractivity contribution in [1.82, 2.24) is 0 Å². The molecule has 0 aliphatic carbocycles. The standard InChI is InChI=1S/2C9H8O2.3C6H5.Sb/c2*1-2-7-3-5-8(6-4-7)9(10)11;3*1-2-4-6-5-3-1;/h2*2-6H,1H2,(H,10,11);3*1-5H;/q;;;;;+2/p-2. The molecule has 0 heterocycles. The van der Waals surface area contributed by atoms with Crippen LogP contribution in [0.2, 0.25) is 0 Å². The van der Waals surface area contributed by atoms with Crippen molar-refractivity contribution in [3.8, 4) is 0 Å². The zero-order chi connectivity index (χ0) is 28.7. The van der Waals surface area contributed by atoms with Gasteiger partial charge in [-0.3, -0.25) is 0 Å². The molecular formula is C36H29O4Sb. The molecule has 0 saturated carbocycles. The van der Waals surface area contributed by atoms with Crippen LogP contribution in [0.1, 0.15) is 31.8 Å². The number of hydrogen-bond acceptors (Lipinski definition) is 4. The van der Waals surface area contributed by atoms with Crippen molar-refractivity contribution in [3.05, 3.63) is 175 Å². The molecule has 5 aromatic carbocycles. The number of benzene rings is 5. The molecule has 0 spiro atoms.